The van der Waals surface area contributed by atoms with E-state index in [0.29, 0.717) is 25.3 Å². The molecule has 0 heterocycles. The molecule has 190 valence electrons. The summed E-state index contributed by atoms with van der Waals surface area (Å²) in [6.45, 7) is 5.39. The van der Waals surface area contributed by atoms with E-state index in [-0.39, 0.29) is 12.0 Å². The Balaban J connectivity index is 1.65. The minimum atomic E-state index is -0.214. The molecule has 0 fully saturated rings. The smallest absolute Gasteiger partial charge is 0.321 e. The van der Waals surface area contributed by atoms with E-state index < -0.39 is 0 Å². The van der Waals surface area contributed by atoms with Crippen LogP contribution >= 0.6 is 11.8 Å². The summed E-state index contributed by atoms with van der Waals surface area (Å²) in [5.74, 6) is 0.344. The van der Waals surface area contributed by atoms with E-state index in [1.165, 1.54) is 5.56 Å². The highest BCUT2D eigenvalue weighted by atomic mass is 32.2. The molecule has 3 aromatic rings. The number of unbranched alkanes of at least 4 members (excludes halogenated alkanes) is 1. The van der Waals surface area contributed by atoms with E-state index in [2.05, 4.69) is 24.4 Å². The quantitative estimate of drug-likeness (QED) is 0.149. The summed E-state index contributed by atoms with van der Waals surface area (Å²) in [5.41, 5.74) is 2.15. The summed E-state index contributed by atoms with van der Waals surface area (Å²) >= 11 is 1.59. The van der Waals surface area contributed by atoms with E-state index in [9.17, 15) is 9.59 Å². The van der Waals surface area contributed by atoms with Crippen molar-refractivity contribution in [2.75, 3.05) is 18.0 Å². The number of carbonyl (C=O) groups is 2. The topological polar surface area (TPSA) is 58.6 Å². The standard InChI is InChI=1S/C30H36N2O3S/c1-3-5-21-31-30(34)32(22-10-14-24-12-7-6-8-13-24)25-17-19-27(20-18-25)36-28-16-9-15-26(23-28)35-29(33)11-4-2/h6-9,12-13,15-20,23H,3-5,10-11,14,21-22H2,1-2H3,(H,31,34). The number of aryl methyl sites for hydroxylation is 1. The summed E-state index contributed by atoms with van der Waals surface area (Å²) in [6, 6.07) is 25.9. The Bertz CT molecular complexity index is 1090. The van der Waals surface area contributed by atoms with Crippen molar-refractivity contribution in [2.24, 2.45) is 0 Å². The number of ether oxygens (including phenoxy) is 1. The van der Waals surface area contributed by atoms with Gasteiger partial charge < -0.3 is 10.1 Å². The fourth-order valence-corrected chi connectivity index (χ4v) is 4.59. The lowest BCUT2D eigenvalue weighted by molar-refractivity contribution is -0.134. The number of carbonyl (C=O) groups excluding carboxylic acids is 2. The van der Waals surface area contributed by atoms with Crippen molar-refractivity contribution in [3.8, 4) is 5.75 Å². The summed E-state index contributed by atoms with van der Waals surface area (Å²) in [6.07, 6.45) is 4.98. The molecule has 0 spiro atoms. The van der Waals surface area contributed by atoms with E-state index in [0.717, 1.165) is 47.6 Å². The number of benzene rings is 3. The molecule has 0 saturated carbocycles. The third-order valence-corrected chi connectivity index (χ3v) is 6.61. The molecule has 36 heavy (non-hydrogen) atoms. The Morgan fingerprint density at radius 3 is 2.36 bits per heavy atom. The molecular weight excluding hydrogens is 468 g/mol. The number of anilines is 1. The highest BCUT2D eigenvalue weighted by Gasteiger charge is 2.15. The first-order chi connectivity index (χ1) is 17.6. The number of rotatable bonds is 13. The minimum Gasteiger partial charge on any atom is -0.426 e. The van der Waals surface area contributed by atoms with Gasteiger partial charge in [-0.05, 0) is 73.7 Å². The second-order valence-corrected chi connectivity index (χ2v) is 9.77. The van der Waals surface area contributed by atoms with Gasteiger partial charge in [-0.25, -0.2) is 4.79 Å². The van der Waals surface area contributed by atoms with Crippen LogP contribution in [0.1, 0.15) is 51.5 Å². The first-order valence-corrected chi connectivity index (χ1v) is 13.6. The van der Waals surface area contributed by atoms with Crippen LogP contribution in [-0.2, 0) is 11.2 Å². The Kier molecular flexibility index (Phi) is 11.4. The first-order valence-electron chi connectivity index (χ1n) is 12.8. The van der Waals surface area contributed by atoms with Crippen LogP contribution in [0.4, 0.5) is 10.5 Å². The highest BCUT2D eigenvalue weighted by Crippen LogP contribution is 2.31. The molecule has 3 rings (SSSR count). The number of urea groups is 1. The molecule has 3 aromatic carbocycles. The number of nitrogens with zero attached hydrogens (tertiary/aromatic N) is 1. The van der Waals surface area contributed by atoms with Crippen molar-refractivity contribution in [2.45, 2.75) is 62.2 Å². The molecule has 0 aromatic heterocycles. The maximum atomic E-state index is 13.0. The van der Waals surface area contributed by atoms with Crippen LogP contribution in [0.2, 0.25) is 0 Å². The van der Waals surface area contributed by atoms with Crippen molar-refractivity contribution >= 4 is 29.4 Å². The Hall–Kier alpha value is -3.25. The molecule has 0 aliphatic heterocycles. The molecule has 1 N–H and O–H groups in total. The summed E-state index contributed by atoms with van der Waals surface area (Å²) in [7, 11) is 0. The highest BCUT2D eigenvalue weighted by molar-refractivity contribution is 7.99. The van der Waals surface area contributed by atoms with Gasteiger partial charge in [0.2, 0.25) is 0 Å². The number of nitrogens with one attached hydrogen (secondary N) is 1. The summed E-state index contributed by atoms with van der Waals surface area (Å²) in [4.78, 5) is 28.7. The SMILES string of the molecule is CCCCNC(=O)N(CCCc1ccccc1)c1ccc(Sc2cccc(OC(=O)CCC)c2)cc1. The van der Waals surface area contributed by atoms with Gasteiger partial charge in [0.25, 0.3) is 0 Å². The van der Waals surface area contributed by atoms with Crippen LogP contribution in [0, 0.1) is 0 Å². The molecule has 5 nitrogen and oxygen atoms in total. The van der Waals surface area contributed by atoms with Gasteiger partial charge in [-0.15, -0.1) is 0 Å². The number of hydrogen-bond acceptors (Lipinski definition) is 4. The zero-order valence-corrected chi connectivity index (χ0v) is 22.1. The van der Waals surface area contributed by atoms with E-state index in [4.69, 9.17) is 4.74 Å². The third-order valence-electron chi connectivity index (χ3n) is 5.62. The normalized spacial score (nSPS) is 10.6. The second kappa shape index (κ2) is 15.0. The van der Waals surface area contributed by atoms with E-state index in [1.54, 1.807) is 17.8 Å². The zero-order valence-electron chi connectivity index (χ0n) is 21.2. The molecule has 0 radical (unpaired) electrons. The summed E-state index contributed by atoms with van der Waals surface area (Å²) in [5, 5.41) is 3.06. The van der Waals surface area contributed by atoms with E-state index >= 15 is 0 Å². The molecule has 2 amide bonds. The lowest BCUT2D eigenvalue weighted by atomic mass is 10.1. The van der Waals surface area contributed by atoms with Crippen molar-refractivity contribution in [1.29, 1.82) is 0 Å². The largest absolute Gasteiger partial charge is 0.426 e. The predicted molar refractivity (Wildman–Crippen MR) is 148 cm³/mol. The average molecular weight is 505 g/mol. The lowest BCUT2D eigenvalue weighted by Gasteiger charge is -2.23. The Morgan fingerprint density at radius 1 is 0.861 bits per heavy atom. The number of esters is 1. The van der Waals surface area contributed by atoms with Crippen LogP contribution in [0.15, 0.2) is 88.7 Å². The average Bonchev–Trinajstić information content (AvgIpc) is 2.88. The van der Waals surface area contributed by atoms with Crippen LogP contribution in [0.5, 0.6) is 5.75 Å². The van der Waals surface area contributed by atoms with E-state index in [1.807, 2.05) is 72.5 Å². The maximum absolute atomic E-state index is 13.0. The van der Waals surface area contributed by atoms with Gasteiger partial charge >= 0.3 is 12.0 Å². The van der Waals surface area contributed by atoms with Gasteiger partial charge in [0, 0.05) is 35.0 Å². The van der Waals surface area contributed by atoms with Gasteiger partial charge in [0.05, 0.1) is 0 Å². The maximum Gasteiger partial charge on any atom is 0.321 e. The van der Waals surface area contributed by atoms with Crippen molar-refractivity contribution < 1.29 is 14.3 Å². The Morgan fingerprint density at radius 2 is 1.64 bits per heavy atom. The van der Waals surface area contributed by atoms with Crippen molar-refractivity contribution in [3.05, 3.63) is 84.4 Å². The fourth-order valence-electron chi connectivity index (χ4n) is 3.72. The molecule has 0 unspecified atom stereocenters. The van der Waals surface area contributed by atoms with Crippen molar-refractivity contribution in [1.82, 2.24) is 5.32 Å². The van der Waals surface area contributed by atoms with Crippen LogP contribution < -0.4 is 15.0 Å². The molecule has 0 saturated heterocycles. The first kappa shape index (κ1) is 27.3. The minimum absolute atomic E-state index is 0.0569. The molecule has 0 atom stereocenters. The third kappa shape index (κ3) is 9.08. The van der Waals surface area contributed by atoms with Gasteiger partial charge in [0.1, 0.15) is 5.75 Å². The van der Waals surface area contributed by atoms with Gasteiger partial charge in [0.15, 0.2) is 0 Å². The van der Waals surface area contributed by atoms with Crippen LogP contribution in [-0.4, -0.2) is 25.1 Å². The molecule has 0 aliphatic carbocycles. The number of hydrogen-bond donors (Lipinski definition) is 1. The fraction of sp³-hybridized carbons (Fsp3) is 0.333. The second-order valence-electron chi connectivity index (χ2n) is 8.62. The van der Waals surface area contributed by atoms with Gasteiger partial charge in [-0.3, -0.25) is 9.69 Å². The summed E-state index contributed by atoms with van der Waals surface area (Å²) < 4.78 is 5.42. The monoisotopic (exact) mass is 504 g/mol. The Labute approximate surface area is 219 Å². The predicted octanol–water partition coefficient (Wildman–Crippen LogP) is 7.49. The van der Waals surface area contributed by atoms with Crippen LogP contribution in [0.25, 0.3) is 0 Å². The molecule has 0 aliphatic rings. The molecule has 6 heteroatoms. The lowest BCUT2D eigenvalue weighted by Crippen LogP contribution is -2.41. The number of amides is 2. The van der Waals surface area contributed by atoms with Gasteiger partial charge in [-0.1, -0.05) is 68.4 Å². The molecule has 0 bridgehead atoms. The van der Waals surface area contributed by atoms with Gasteiger partial charge in [-0.2, -0.15) is 0 Å². The molecular formula is C30H36N2O3S. The van der Waals surface area contributed by atoms with Crippen molar-refractivity contribution in [3.63, 3.8) is 0 Å². The van der Waals surface area contributed by atoms with Crippen LogP contribution in [0.3, 0.4) is 0 Å². The zero-order chi connectivity index (χ0) is 25.6.